The van der Waals surface area contributed by atoms with Crippen LogP contribution in [-0.4, -0.2) is 31.2 Å². The average molecular weight is 390 g/mol. The molecule has 2 aromatic rings. The molecule has 0 fully saturated rings. The zero-order chi connectivity index (χ0) is 19.4. The Hall–Kier alpha value is -2.73. The molecule has 2 aromatic carbocycles. The van der Waals surface area contributed by atoms with Gasteiger partial charge in [-0.15, -0.1) is 0 Å². The fourth-order valence-corrected chi connectivity index (χ4v) is 2.79. The first-order valence-corrected chi connectivity index (χ1v) is 8.95. The van der Waals surface area contributed by atoms with Gasteiger partial charge in [-0.3, -0.25) is 9.59 Å². The molecule has 1 heterocycles. The Kier molecular flexibility index (Phi) is 5.86. The molecule has 3 rings (SSSR count). The second-order valence-electron chi connectivity index (χ2n) is 6.24. The van der Waals surface area contributed by atoms with E-state index in [2.05, 4.69) is 5.32 Å². The molecule has 27 heavy (non-hydrogen) atoms. The van der Waals surface area contributed by atoms with Crippen molar-refractivity contribution in [2.24, 2.45) is 0 Å². The number of hydrogen-bond donors (Lipinski definition) is 1. The summed E-state index contributed by atoms with van der Waals surface area (Å²) in [6, 6.07) is 10.5. The van der Waals surface area contributed by atoms with Crippen LogP contribution in [0.5, 0.6) is 11.5 Å². The Bertz CT molecular complexity index is 867. The Morgan fingerprint density at radius 2 is 1.89 bits per heavy atom. The molecule has 142 valence electrons. The van der Waals surface area contributed by atoms with Crippen LogP contribution < -0.4 is 14.8 Å². The molecule has 1 atom stereocenters. The van der Waals surface area contributed by atoms with Crippen LogP contribution in [0.4, 0.5) is 5.69 Å². The summed E-state index contributed by atoms with van der Waals surface area (Å²) in [6.45, 7) is 4.36. The van der Waals surface area contributed by atoms with Crippen LogP contribution in [0.1, 0.15) is 18.1 Å². The van der Waals surface area contributed by atoms with Crippen molar-refractivity contribution in [3.8, 4) is 11.5 Å². The minimum atomic E-state index is -0.937. The Labute approximate surface area is 162 Å². The van der Waals surface area contributed by atoms with Crippen LogP contribution in [0.25, 0.3) is 0 Å². The largest absolute Gasteiger partial charge is 0.486 e. The quantitative estimate of drug-likeness (QED) is 0.792. The molecule has 1 N–H and O–H groups in total. The number of carbonyl (C=O) groups is 2. The first-order chi connectivity index (χ1) is 12.9. The first kappa shape index (κ1) is 19.0. The molecular weight excluding hydrogens is 370 g/mol. The second kappa shape index (κ2) is 8.31. The van der Waals surface area contributed by atoms with Gasteiger partial charge in [-0.05, 0) is 49.2 Å². The molecule has 0 bridgehead atoms. The molecule has 0 aromatic heterocycles. The van der Waals surface area contributed by atoms with E-state index in [1.807, 2.05) is 6.92 Å². The number of carbonyl (C=O) groups excluding carboxylic acids is 2. The van der Waals surface area contributed by atoms with E-state index in [0.717, 1.165) is 11.1 Å². The number of amides is 1. The van der Waals surface area contributed by atoms with Crippen LogP contribution in [-0.2, 0) is 20.7 Å². The van der Waals surface area contributed by atoms with Crippen molar-refractivity contribution in [1.82, 2.24) is 0 Å². The molecule has 0 spiro atoms. The maximum absolute atomic E-state index is 12.3. The van der Waals surface area contributed by atoms with Gasteiger partial charge in [-0.25, -0.2) is 0 Å². The van der Waals surface area contributed by atoms with Gasteiger partial charge in [0.05, 0.1) is 6.42 Å². The third-order valence-corrected chi connectivity index (χ3v) is 4.33. The molecule has 0 aliphatic carbocycles. The van der Waals surface area contributed by atoms with E-state index < -0.39 is 18.0 Å². The van der Waals surface area contributed by atoms with E-state index in [1.165, 1.54) is 6.92 Å². The fraction of sp³-hybridized carbons (Fsp3) is 0.300. The smallest absolute Gasteiger partial charge is 0.311 e. The highest BCUT2D eigenvalue weighted by Gasteiger charge is 2.20. The maximum Gasteiger partial charge on any atom is 0.311 e. The van der Waals surface area contributed by atoms with E-state index in [1.54, 1.807) is 36.4 Å². The maximum atomic E-state index is 12.3. The molecule has 6 nitrogen and oxygen atoms in total. The number of benzene rings is 2. The van der Waals surface area contributed by atoms with Gasteiger partial charge in [0.25, 0.3) is 5.91 Å². The minimum absolute atomic E-state index is 0.0322. The summed E-state index contributed by atoms with van der Waals surface area (Å²) in [4.78, 5) is 24.5. The number of nitrogens with one attached hydrogen (secondary N) is 1. The van der Waals surface area contributed by atoms with Crippen molar-refractivity contribution in [3.05, 3.63) is 52.5 Å². The average Bonchev–Trinajstić information content (AvgIpc) is 2.64. The molecule has 0 saturated carbocycles. The van der Waals surface area contributed by atoms with Gasteiger partial charge in [0, 0.05) is 10.7 Å². The van der Waals surface area contributed by atoms with Crippen LogP contribution in [0.2, 0.25) is 5.02 Å². The zero-order valence-electron chi connectivity index (χ0n) is 15.1. The van der Waals surface area contributed by atoms with Gasteiger partial charge in [0.1, 0.15) is 13.2 Å². The zero-order valence-corrected chi connectivity index (χ0v) is 15.8. The number of fused-ring (bicyclic) bond motifs is 1. The summed E-state index contributed by atoms with van der Waals surface area (Å²) in [6.07, 6.45) is -0.905. The fourth-order valence-electron chi connectivity index (χ4n) is 2.62. The number of ether oxygens (including phenoxy) is 3. The monoisotopic (exact) mass is 389 g/mol. The van der Waals surface area contributed by atoms with Crippen LogP contribution in [0, 0.1) is 6.92 Å². The highest BCUT2D eigenvalue weighted by atomic mass is 35.5. The molecule has 1 amide bonds. The van der Waals surface area contributed by atoms with Gasteiger partial charge in [-0.2, -0.15) is 0 Å². The summed E-state index contributed by atoms with van der Waals surface area (Å²) < 4.78 is 16.2. The second-order valence-corrected chi connectivity index (χ2v) is 6.67. The number of anilines is 1. The van der Waals surface area contributed by atoms with Crippen molar-refractivity contribution in [3.63, 3.8) is 0 Å². The summed E-state index contributed by atoms with van der Waals surface area (Å²) in [5.74, 6) is 0.338. The molecule has 0 unspecified atom stereocenters. The van der Waals surface area contributed by atoms with Crippen molar-refractivity contribution in [1.29, 1.82) is 0 Å². The van der Waals surface area contributed by atoms with Crippen LogP contribution in [0.3, 0.4) is 0 Å². The predicted molar refractivity (Wildman–Crippen MR) is 102 cm³/mol. The minimum Gasteiger partial charge on any atom is -0.486 e. The van der Waals surface area contributed by atoms with E-state index in [-0.39, 0.29) is 6.42 Å². The summed E-state index contributed by atoms with van der Waals surface area (Å²) >= 11 is 5.95. The van der Waals surface area contributed by atoms with E-state index >= 15 is 0 Å². The summed E-state index contributed by atoms with van der Waals surface area (Å²) in [5.41, 5.74) is 2.17. The van der Waals surface area contributed by atoms with Crippen LogP contribution >= 0.6 is 11.6 Å². The third kappa shape index (κ3) is 4.92. The molecule has 0 radical (unpaired) electrons. The molecular formula is C20H20ClNO5. The van der Waals surface area contributed by atoms with Crippen molar-refractivity contribution >= 4 is 29.2 Å². The standard InChI is InChI=1S/C20H20ClNO5/c1-12-3-5-15(21)11-16(12)22-20(24)13(2)27-19(23)10-14-4-6-17-18(9-14)26-8-7-25-17/h3-6,9,11,13H,7-8,10H2,1-2H3,(H,22,24)/t13-/m0/s1. The highest BCUT2D eigenvalue weighted by Crippen LogP contribution is 2.31. The van der Waals surface area contributed by atoms with Gasteiger partial charge in [-0.1, -0.05) is 23.7 Å². The SMILES string of the molecule is Cc1ccc(Cl)cc1NC(=O)[C@H](C)OC(=O)Cc1ccc2c(c1)OCCO2. The van der Waals surface area contributed by atoms with Gasteiger partial charge >= 0.3 is 5.97 Å². The van der Waals surface area contributed by atoms with Crippen molar-refractivity contribution < 1.29 is 23.8 Å². The summed E-state index contributed by atoms with van der Waals surface area (Å²) in [7, 11) is 0. The summed E-state index contributed by atoms with van der Waals surface area (Å²) in [5, 5.41) is 3.24. The van der Waals surface area contributed by atoms with Crippen molar-refractivity contribution in [2.75, 3.05) is 18.5 Å². The van der Waals surface area contributed by atoms with Gasteiger partial charge in [0.15, 0.2) is 17.6 Å². The molecule has 1 aliphatic rings. The molecule has 7 heteroatoms. The highest BCUT2D eigenvalue weighted by molar-refractivity contribution is 6.31. The first-order valence-electron chi connectivity index (χ1n) is 8.57. The number of esters is 1. The lowest BCUT2D eigenvalue weighted by molar-refractivity contribution is -0.152. The lowest BCUT2D eigenvalue weighted by Gasteiger charge is -2.19. The third-order valence-electron chi connectivity index (χ3n) is 4.09. The normalized spacial score (nSPS) is 13.6. The number of aryl methyl sites for hydroxylation is 1. The Morgan fingerprint density at radius 1 is 1.15 bits per heavy atom. The molecule has 1 aliphatic heterocycles. The number of halogens is 1. The number of hydrogen-bond acceptors (Lipinski definition) is 5. The van der Waals surface area contributed by atoms with Gasteiger partial charge in [0.2, 0.25) is 0 Å². The van der Waals surface area contributed by atoms with E-state index in [0.29, 0.717) is 35.4 Å². The molecule has 0 saturated heterocycles. The van der Waals surface area contributed by atoms with Crippen LogP contribution in [0.15, 0.2) is 36.4 Å². The predicted octanol–water partition coefficient (Wildman–Crippen LogP) is 3.53. The van der Waals surface area contributed by atoms with Crippen molar-refractivity contribution in [2.45, 2.75) is 26.4 Å². The van der Waals surface area contributed by atoms with E-state index in [4.69, 9.17) is 25.8 Å². The van der Waals surface area contributed by atoms with E-state index in [9.17, 15) is 9.59 Å². The Balaban J connectivity index is 1.57. The lowest BCUT2D eigenvalue weighted by atomic mass is 10.1. The Morgan fingerprint density at radius 3 is 2.67 bits per heavy atom. The van der Waals surface area contributed by atoms with Gasteiger partial charge < -0.3 is 19.5 Å². The number of rotatable bonds is 5. The lowest BCUT2D eigenvalue weighted by Crippen LogP contribution is -2.30. The topological polar surface area (TPSA) is 73.9 Å².